The summed E-state index contributed by atoms with van der Waals surface area (Å²) in [5, 5.41) is 11.6. The van der Waals surface area contributed by atoms with E-state index in [0.717, 1.165) is 23.5 Å². The quantitative estimate of drug-likeness (QED) is 0.193. The first-order valence-electron chi connectivity index (χ1n) is 9.06. The molecular formula is C18H29N5O3S. The lowest BCUT2D eigenvalue weighted by atomic mass is 10.1. The first-order valence-corrected chi connectivity index (χ1v) is 9.57. The number of nitrogens with two attached hydrogens (primary N) is 1. The zero-order valence-electron chi connectivity index (χ0n) is 15.7. The van der Waals surface area contributed by atoms with Crippen LogP contribution in [0.25, 0.3) is 11.3 Å². The highest BCUT2D eigenvalue weighted by Gasteiger charge is 2.03. The zero-order valence-corrected chi connectivity index (χ0v) is 16.6. The van der Waals surface area contributed by atoms with Crippen molar-refractivity contribution in [3.05, 3.63) is 30.5 Å². The summed E-state index contributed by atoms with van der Waals surface area (Å²) in [6.07, 6.45) is 1.89. The molecule has 0 amide bonds. The van der Waals surface area contributed by atoms with Crippen molar-refractivity contribution >= 4 is 18.3 Å². The minimum absolute atomic E-state index is 0.184. The minimum atomic E-state index is 0.184. The molecule has 0 radical (unpaired) electrons. The lowest BCUT2D eigenvalue weighted by molar-refractivity contribution is 0.0133. The average molecular weight is 396 g/mol. The molecule has 1 aromatic carbocycles. The summed E-state index contributed by atoms with van der Waals surface area (Å²) >= 11 is 4.22. The van der Waals surface area contributed by atoms with Gasteiger partial charge in [-0.3, -0.25) is 0 Å². The van der Waals surface area contributed by atoms with E-state index in [0.29, 0.717) is 46.2 Å². The monoisotopic (exact) mass is 395 g/mol. The van der Waals surface area contributed by atoms with Crippen LogP contribution < -0.4 is 11.1 Å². The van der Waals surface area contributed by atoms with Crippen molar-refractivity contribution < 1.29 is 14.2 Å². The van der Waals surface area contributed by atoms with Crippen molar-refractivity contribution in [1.82, 2.24) is 20.3 Å². The number of aromatic nitrogens is 3. The molecule has 2 rings (SSSR count). The molecular weight excluding hydrogens is 366 g/mol. The highest BCUT2D eigenvalue weighted by Crippen LogP contribution is 2.17. The Morgan fingerprint density at radius 2 is 1.67 bits per heavy atom. The normalized spacial score (nSPS) is 12.4. The first kappa shape index (κ1) is 21.6. The molecule has 0 spiro atoms. The van der Waals surface area contributed by atoms with Crippen molar-refractivity contribution in [2.45, 2.75) is 18.8 Å². The highest BCUT2D eigenvalue weighted by atomic mass is 32.1. The number of nitrogens with one attached hydrogen (secondary N) is 1. The van der Waals surface area contributed by atoms with Gasteiger partial charge in [0.25, 0.3) is 0 Å². The maximum absolute atomic E-state index is 5.69. The summed E-state index contributed by atoms with van der Waals surface area (Å²) in [6.45, 7) is 6.84. The molecule has 150 valence electrons. The molecule has 3 N–H and O–H groups in total. The number of hydrogen-bond donors (Lipinski definition) is 3. The maximum atomic E-state index is 5.69. The fourth-order valence-corrected chi connectivity index (χ4v) is 2.36. The van der Waals surface area contributed by atoms with Crippen LogP contribution in [0.15, 0.2) is 30.5 Å². The fourth-order valence-electron chi connectivity index (χ4n) is 2.23. The van der Waals surface area contributed by atoms with Gasteiger partial charge in [-0.15, -0.1) is 5.10 Å². The van der Waals surface area contributed by atoms with Crippen LogP contribution in [0, 0.1) is 0 Å². The van der Waals surface area contributed by atoms with Gasteiger partial charge in [0.05, 0.1) is 52.4 Å². The SMILES string of the molecule is CC(S)NCCOCCOCCOCCn1cc(-c2ccc(N)cc2)nn1. The van der Waals surface area contributed by atoms with Gasteiger partial charge in [-0.2, -0.15) is 12.6 Å². The van der Waals surface area contributed by atoms with E-state index in [1.165, 1.54) is 0 Å². The number of anilines is 1. The molecule has 27 heavy (non-hydrogen) atoms. The number of thiol groups is 1. The van der Waals surface area contributed by atoms with Gasteiger partial charge in [-0.05, 0) is 19.1 Å². The molecule has 1 atom stereocenters. The molecule has 1 aromatic heterocycles. The van der Waals surface area contributed by atoms with E-state index in [4.69, 9.17) is 19.9 Å². The molecule has 0 fully saturated rings. The maximum Gasteiger partial charge on any atom is 0.113 e. The molecule has 0 bridgehead atoms. The van der Waals surface area contributed by atoms with E-state index in [1.807, 2.05) is 37.4 Å². The van der Waals surface area contributed by atoms with Crippen LogP contribution in [-0.4, -0.2) is 66.6 Å². The van der Waals surface area contributed by atoms with Crippen molar-refractivity contribution in [2.24, 2.45) is 0 Å². The van der Waals surface area contributed by atoms with Crippen LogP contribution in [-0.2, 0) is 20.8 Å². The fraction of sp³-hybridized carbons (Fsp3) is 0.556. The molecule has 0 saturated heterocycles. The van der Waals surface area contributed by atoms with Gasteiger partial charge in [0.1, 0.15) is 5.69 Å². The third-order valence-corrected chi connectivity index (χ3v) is 3.82. The third kappa shape index (κ3) is 9.21. The van der Waals surface area contributed by atoms with E-state index in [-0.39, 0.29) is 5.37 Å². The molecule has 9 heteroatoms. The summed E-state index contributed by atoms with van der Waals surface area (Å²) in [7, 11) is 0. The lowest BCUT2D eigenvalue weighted by Gasteiger charge is -2.08. The van der Waals surface area contributed by atoms with Crippen LogP contribution in [0.2, 0.25) is 0 Å². The Balaban J connectivity index is 1.46. The van der Waals surface area contributed by atoms with Gasteiger partial charge in [0.15, 0.2) is 0 Å². The summed E-state index contributed by atoms with van der Waals surface area (Å²) in [5.41, 5.74) is 8.23. The third-order valence-electron chi connectivity index (χ3n) is 3.64. The summed E-state index contributed by atoms with van der Waals surface area (Å²) in [4.78, 5) is 0. The van der Waals surface area contributed by atoms with Crippen LogP contribution in [0.4, 0.5) is 5.69 Å². The Morgan fingerprint density at radius 3 is 2.33 bits per heavy atom. The molecule has 0 saturated carbocycles. The van der Waals surface area contributed by atoms with Gasteiger partial charge in [0, 0.05) is 23.2 Å². The Bertz CT molecular complexity index is 636. The van der Waals surface area contributed by atoms with Gasteiger partial charge in [-0.25, -0.2) is 4.68 Å². The zero-order chi connectivity index (χ0) is 19.3. The van der Waals surface area contributed by atoms with Gasteiger partial charge < -0.3 is 25.3 Å². The van der Waals surface area contributed by atoms with Crippen LogP contribution >= 0.6 is 12.6 Å². The Labute approximate surface area is 165 Å². The first-order chi connectivity index (χ1) is 13.1. The minimum Gasteiger partial charge on any atom is -0.399 e. The highest BCUT2D eigenvalue weighted by molar-refractivity contribution is 7.80. The molecule has 0 aliphatic heterocycles. The van der Waals surface area contributed by atoms with Crippen molar-refractivity contribution in [1.29, 1.82) is 0 Å². The van der Waals surface area contributed by atoms with Gasteiger partial charge in [0.2, 0.25) is 0 Å². The van der Waals surface area contributed by atoms with E-state index < -0.39 is 0 Å². The topological polar surface area (TPSA) is 96.5 Å². The number of rotatable bonds is 14. The Kier molecular flexibility index (Phi) is 10.2. The second kappa shape index (κ2) is 12.7. The standard InChI is InChI=1S/C18H29N5O3S/c1-15(27)20-6-8-24-10-12-26-13-11-25-9-7-23-14-18(21-22-23)16-2-4-17(19)5-3-16/h2-5,14-15,20,27H,6-13,19H2,1H3. The Hall–Kier alpha value is -1.65. The van der Waals surface area contributed by atoms with Crippen LogP contribution in [0.3, 0.4) is 0 Å². The number of nitrogen functional groups attached to an aromatic ring is 1. The van der Waals surface area contributed by atoms with Crippen molar-refractivity contribution in [3.8, 4) is 11.3 Å². The summed E-state index contributed by atoms with van der Waals surface area (Å²) in [6, 6.07) is 7.56. The van der Waals surface area contributed by atoms with E-state index in [2.05, 4.69) is 28.3 Å². The van der Waals surface area contributed by atoms with E-state index in [9.17, 15) is 0 Å². The number of nitrogens with zero attached hydrogens (tertiary/aromatic N) is 3. The van der Waals surface area contributed by atoms with Gasteiger partial charge >= 0.3 is 0 Å². The molecule has 2 aromatic rings. The smallest absolute Gasteiger partial charge is 0.113 e. The second-order valence-corrected chi connectivity index (χ2v) is 6.73. The Morgan fingerprint density at radius 1 is 1.04 bits per heavy atom. The van der Waals surface area contributed by atoms with Crippen molar-refractivity contribution in [3.63, 3.8) is 0 Å². The summed E-state index contributed by atoms with van der Waals surface area (Å²) in [5.74, 6) is 0. The second-order valence-electron chi connectivity index (χ2n) is 5.96. The molecule has 1 unspecified atom stereocenters. The van der Waals surface area contributed by atoms with Crippen molar-refractivity contribution in [2.75, 3.05) is 51.9 Å². The number of benzene rings is 1. The molecule has 8 nitrogen and oxygen atoms in total. The molecule has 0 aliphatic carbocycles. The lowest BCUT2D eigenvalue weighted by Crippen LogP contribution is -2.25. The van der Waals surface area contributed by atoms with E-state index >= 15 is 0 Å². The number of hydrogen-bond acceptors (Lipinski definition) is 8. The average Bonchev–Trinajstić information content (AvgIpc) is 3.12. The molecule has 0 aliphatic rings. The van der Waals surface area contributed by atoms with Crippen LogP contribution in [0.1, 0.15) is 6.92 Å². The number of ether oxygens (including phenoxy) is 3. The molecule has 1 heterocycles. The predicted octanol–water partition coefficient (Wildman–Crippen LogP) is 1.44. The van der Waals surface area contributed by atoms with Gasteiger partial charge in [-0.1, -0.05) is 17.3 Å². The van der Waals surface area contributed by atoms with E-state index in [1.54, 1.807) is 4.68 Å². The summed E-state index contributed by atoms with van der Waals surface area (Å²) < 4.78 is 18.2. The predicted molar refractivity (Wildman–Crippen MR) is 109 cm³/mol. The largest absolute Gasteiger partial charge is 0.399 e. The van der Waals surface area contributed by atoms with Crippen LogP contribution in [0.5, 0.6) is 0 Å².